The van der Waals surface area contributed by atoms with Crippen LogP contribution in [0.2, 0.25) is 5.02 Å². The van der Waals surface area contributed by atoms with Gasteiger partial charge in [0.1, 0.15) is 5.82 Å². The molecular weight excluding hydrogens is 364 g/mol. The molecule has 0 saturated heterocycles. The highest BCUT2D eigenvalue weighted by atomic mass is 35.5. The fourth-order valence-electron chi connectivity index (χ4n) is 2.35. The van der Waals surface area contributed by atoms with Gasteiger partial charge in [-0.05, 0) is 35.9 Å². The topological polar surface area (TPSA) is 91.8 Å². The first-order valence-electron chi connectivity index (χ1n) is 8.45. The molecular formula is C19H19ClN6O. The molecule has 1 aromatic carbocycles. The number of hydrogen-bond donors (Lipinski definition) is 3. The van der Waals surface area contributed by atoms with Crippen LogP contribution >= 0.6 is 11.6 Å². The van der Waals surface area contributed by atoms with Gasteiger partial charge in [0.2, 0.25) is 5.91 Å². The average Bonchev–Trinajstić information content (AvgIpc) is 2.69. The molecule has 0 bridgehead atoms. The maximum absolute atomic E-state index is 12.0. The zero-order valence-electron chi connectivity index (χ0n) is 14.5. The molecule has 27 heavy (non-hydrogen) atoms. The summed E-state index contributed by atoms with van der Waals surface area (Å²) in [6, 6.07) is 14.7. The molecule has 0 saturated carbocycles. The van der Waals surface area contributed by atoms with Crippen molar-refractivity contribution in [3.05, 3.63) is 71.5 Å². The van der Waals surface area contributed by atoms with Gasteiger partial charge >= 0.3 is 0 Å². The minimum atomic E-state index is -0.0768. The lowest BCUT2D eigenvalue weighted by molar-refractivity contribution is -0.120. The summed E-state index contributed by atoms with van der Waals surface area (Å²) < 4.78 is 0. The van der Waals surface area contributed by atoms with E-state index in [1.54, 1.807) is 18.5 Å². The summed E-state index contributed by atoms with van der Waals surface area (Å²) in [5, 5.41) is 17.9. The van der Waals surface area contributed by atoms with E-state index in [-0.39, 0.29) is 12.3 Å². The van der Waals surface area contributed by atoms with Crippen molar-refractivity contribution in [2.45, 2.75) is 6.42 Å². The van der Waals surface area contributed by atoms with E-state index in [2.05, 4.69) is 31.1 Å². The lowest BCUT2D eigenvalue weighted by Crippen LogP contribution is -2.30. The van der Waals surface area contributed by atoms with Crippen LogP contribution in [0.1, 0.15) is 5.56 Å². The van der Waals surface area contributed by atoms with Crippen molar-refractivity contribution < 1.29 is 4.79 Å². The molecule has 138 valence electrons. The molecule has 0 aliphatic rings. The van der Waals surface area contributed by atoms with Crippen LogP contribution in [0.25, 0.3) is 0 Å². The van der Waals surface area contributed by atoms with Gasteiger partial charge in [-0.25, -0.2) is 0 Å². The largest absolute Gasteiger partial charge is 0.367 e. The van der Waals surface area contributed by atoms with Gasteiger partial charge < -0.3 is 16.0 Å². The van der Waals surface area contributed by atoms with Crippen LogP contribution in [0.3, 0.4) is 0 Å². The number of halogens is 1. The van der Waals surface area contributed by atoms with Gasteiger partial charge in [-0.3, -0.25) is 9.78 Å². The number of aromatic nitrogens is 3. The lowest BCUT2D eigenvalue weighted by Gasteiger charge is -2.09. The van der Waals surface area contributed by atoms with E-state index in [0.29, 0.717) is 29.7 Å². The number of pyridine rings is 1. The molecule has 2 heterocycles. The average molecular weight is 383 g/mol. The monoisotopic (exact) mass is 382 g/mol. The van der Waals surface area contributed by atoms with E-state index in [1.165, 1.54) is 0 Å². The molecule has 0 radical (unpaired) electrons. The third kappa shape index (κ3) is 5.93. The van der Waals surface area contributed by atoms with E-state index >= 15 is 0 Å². The molecule has 0 unspecified atom stereocenters. The van der Waals surface area contributed by atoms with Crippen molar-refractivity contribution in [3.63, 3.8) is 0 Å². The van der Waals surface area contributed by atoms with Crippen LogP contribution < -0.4 is 16.0 Å². The van der Waals surface area contributed by atoms with E-state index in [0.717, 1.165) is 11.3 Å². The summed E-state index contributed by atoms with van der Waals surface area (Å²) in [6.45, 7) is 1.01. The van der Waals surface area contributed by atoms with Gasteiger partial charge in [-0.1, -0.05) is 29.8 Å². The lowest BCUT2D eigenvalue weighted by atomic mass is 10.1. The van der Waals surface area contributed by atoms with E-state index in [9.17, 15) is 4.79 Å². The number of anilines is 3. The molecule has 2 aromatic heterocycles. The van der Waals surface area contributed by atoms with E-state index in [4.69, 9.17) is 11.6 Å². The number of carbonyl (C=O) groups excluding carboxylic acids is 1. The summed E-state index contributed by atoms with van der Waals surface area (Å²) in [5.74, 6) is 1.18. The zero-order valence-corrected chi connectivity index (χ0v) is 15.3. The van der Waals surface area contributed by atoms with Crippen molar-refractivity contribution in [2.75, 3.05) is 23.7 Å². The second kappa shape index (κ2) is 9.49. The first-order valence-corrected chi connectivity index (χ1v) is 8.83. The summed E-state index contributed by atoms with van der Waals surface area (Å²) >= 11 is 6.06. The molecule has 3 N–H and O–H groups in total. The van der Waals surface area contributed by atoms with Gasteiger partial charge in [0.05, 0.1) is 18.3 Å². The number of nitrogens with zero attached hydrogens (tertiary/aromatic N) is 3. The fourth-order valence-corrected chi connectivity index (χ4v) is 2.55. The smallest absolute Gasteiger partial charge is 0.224 e. The SMILES string of the molecule is O=C(Cc1ccccc1Cl)NCCNc1ccc(Nc2cccnc2)nn1. The Morgan fingerprint density at radius 2 is 1.78 bits per heavy atom. The van der Waals surface area contributed by atoms with Gasteiger partial charge in [-0.2, -0.15) is 0 Å². The molecule has 0 fully saturated rings. The third-order valence-corrected chi connectivity index (χ3v) is 4.03. The minimum Gasteiger partial charge on any atom is -0.367 e. The third-order valence-electron chi connectivity index (χ3n) is 3.66. The van der Waals surface area contributed by atoms with Crippen LogP contribution in [0.15, 0.2) is 60.9 Å². The van der Waals surface area contributed by atoms with Crippen LogP contribution in [-0.2, 0) is 11.2 Å². The van der Waals surface area contributed by atoms with Gasteiger partial charge in [0, 0.05) is 24.3 Å². The Balaban J connectivity index is 1.39. The predicted octanol–water partition coefficient (Wildman–Crippen LogP) is 3.04. The first kappa shape index (κ1) is 18.6. The highest BCUT2D eigenvalue weighted by Gasteiger charge is 2.06. The van der Waals surface area contributed by atoms with Crippen LogP contribution in [0.4, 0.5) is 17.3 Å². The summed E-state index contributed by atoms with van der Waals surface area (Å²) in [7, 11) is 0. The van der Waals surface area contributed by atoms with Gasteiger partial charge in [0.25, 0.3) is 0 Å². The van der Waals surface area contributed by atoms with Gasteiger partial charge in [-0.15, -0.1) is 10.2 Å². The molecule has 0 aliphatic carbocycles. The Bertz CT molecular complexity index is 873. The molecule has 0 spiro atoms. The Morgan fingerprint density at radius 3 is 2.52 bits per heavy atom. The maximum Gasteiger partial charge on any atom is 0.224 e. The predicted molar refractivity (Wildman–Crippen MR) is 106 cm³/mol. The molecule has 0 atom stereocenters. The molecule has 7 nitrogen and oxygen atoms in total. The normalized spacial score (nSPS) is 10.3. The number of hydrogen-bond acceptors (Lipinski definition) is 6. The first-order chi connectivity index (χ1) is 13.2. The second-order valence-electron chi connectivity index (χ2n) is 5.72. The number of nitrogens with one attached hydrogen (secondary N) is 3. The molecule has 0 aliphatic heterocycles. The van der Waals surface area contributed by atoms with Crippen LogP contribution in [-0.4, -0.2) is 34.2 Å². The van der Waals surface area contributed by atoms with Crippen molar-refractivity contribution in [2.24, 2.45) is 0 Å². The maximum atomic E-state index is 12.0. The highest BCUT2D eigenvalue weighted by Crippen LogP contribution is 2.15. The standard InChI is InChI=1S/C19H19ClN6O/c20-16-6-2-1-4-14(16)12-19(27)23-11-10-22-17-7-8-18(26-25-17)24-15-5-3-9-21-13-15/h1-9,13H,10-12H2,(H,22,25)(H,23,27)(H,24,26). The molecule has 3 rings (SSSR count). The number of benzene rings is 1. The Kier molecular flexibility index (Phi) is 6.54. The van der Waals surface area contributed by atoms with Crippen LogP contribution in [0, 0.1) is 0 Å². The van der Waals surface area contributed by atoms with Crippen LogP contribution in [0.5, 0.6) is 0 Å². The Labute approximate surface area is 162 Å². The van der Waals surface area contributed by atoms with Gasteiger partial charge in [0.15, 0.2) is 5.82 Å². The fraction of sp³-hybridized carbons (Fsp3) is 0.158. The van der Waals surface area contributed by atoms with E-state index in [1.807, 2.05) is 42.5 Å². The Morgan fingerprint density at radius 1 is 0.963 bits per heavy atom. The van der Waals surface area contributed by atoms with Crippen molar-refractivity contribution in [1.29, 1.82) is 0 Å². The van der Waals surface area contributed by atoms with E-state index < -0.39 is 0 Å². The minimum absolute atomic E-state index is 0.0768. The molecule has 1 amide bonds. The number of amides is 1. The molecule has 3 aromatic rings. The summed E-state index contributed by atoms with van der Waals surface area (Å²) in [4.78, 5) is 16.0. The quantitative estimate of drug-likeness (QED) is 0.519. The highest BCUT2D eigenvalue weighted by molar-refractivity contribution is 6.31. The summed E-state index contributed by atoms with van der Waals surface area (Å²) in [6.07, 6.45) is 3.67. The number of carbonyl (C=O) groups is 1. The summed E-state index contributed by atoms with van der Waals surface area (Å²) in [5.41, 5.74) is 1.65. The Hall–Kier alpha value is -3.19. The number of rotatable bonds is 8. The van der Waals surface area contributed by atoms with Crippen molar-refractivity contribution in [3.8, 4) is 0 Å². The van der Waals surface area contributed by atoms with Crippen molar-refractivity contribution >= 4 is 34.8 Å². The zero-order chi connectivity index (χ0) is 18.9. The second-order valence-corrected chi connectivity index (χ2v) is 6.12. The molecule has 8 heteroatoms. The van der Waals surface area contributed by atoms with Crippen molar-refractivity contribution in [1.82, 2.24) is 20.5 Å².